The lowest BCUT2D eigenvalue weighted by Gasteiger charge is -2.12. The maximum atomic E-state index is 12.1. The zero-order valence-electron chi connectivity index (χ0n) is 11.5. The molecular formula is C15H15N3O2S. The fraction of sp³-hybridized carbons (Fsp3) is 0.200. The second kappa shape index (κ2) is 5.67. The van der Waals surface area contributed by atoms with E-state index in [1.54, 1.807) is 0 Å². The summed E-state index contributed by atoms with van der Waals surface area (Å²) in [5.41, 5.74) is 1.58. The lowest BCUT2D eigenvalue weighted by Crippen LogP contribution is -2.28. The highest BCUT2D eigenvalue weighted by atomic mass is 32.1. The van der Waals surface area contributed by atoms with Crippen LogP contribution in [0.5, 0.6) is 0 Å². The van der Waals surface area contributed by atoms with E-state index in [2.05, 4.69) is 10.3 Å². The molecule has 0 bridgehead atoms. The summed E-state index contributed by atoms with van der Waals surface area (Å²) in [5, 5.41) is 13.2. The number of aromatic nitrogens is 2. The molecule has 3 rings (SSSR count). The number of aliphatic hydroxyl groups is 1. The third kappa shape index (κ3) is 2.81. The monoisotopic (exact) mass is 301 g/mol. The van der Waals surface area contributed by atoms with Crippen LogP contribution in [0.1, 0.15) is 21.6 Å². The third-order valence-corrected chi connectivity index (χ3v) is 4.30. The Bertz CT molecular complexity index is 745. The molecule has 0 unspecified atom stereocenters. The number of benzene rings is 1. The van der Waals surface area contributed by atoms with Gasteiger partial charge in [-0.15, -0.1) is 11.3 Å². The van der Waals surface area contributed by atoms with Gasteiger partial charge in [0.25, 0.3) is 5.91 Å². The number of hydrogen-bond acceptors (Lipinski definition) is 4. The van der Waals surface area contributed by atoms with Gasteiger partial charge >= 0.3 is 0 Å². The van der Waals surface area contributed by atoms with Crippen LogP contribution < -0.4 is 5.32 Å². The summed E-state index contributed by atoms with van der Waals surface area (Å²) in [6, 6.07) is 11.3. The molecule has 1 amide bonds. The summed E-state index contributed by atoms with van der Waals surface area (Å²) in [7, 11) is 1.86. The normalized spacial score (nSPS) is 12.5. The molecule has 0 aliphatic rings. The van der Waals surface area contributed by atoms with E-state index < -0.39 is 6.10 Å². The Balaban J connectivity index is 1.67. The van der Waals surface area contributed by atoms with Gasteiger partial charge < -0.3 is 15.0 Å². The van der Waals surface area contributed by atoms with E-state index in [-0.39, 0.29) is 12.5 Å². The summed E-state index contributed by atoms with van der Waals surface area (Å²) in [6.45, 7) is 0.159. The molecule has 3 aromatic rings. The Hall–Kier alpha value is -2.18. The topological polar surface area (TPSA) is 67.2 Å². The summed E-state index contributed by atoms with van der Waals surface area (Å²) < 4.78 is 2.81. The molecule has 2 aromatic heterocycles. The average molecular weight is 301 g/mol. The molecule has 0 fully saturated rings. The summed E-state index contributed by atoms with van der Waals surface area (Å²) in [6.07, 6.45) is 1.12. The molecular weight excluding hydrogens is 286 g/mol. The number of fused-ring (bicyclic) bond motifs is 1. The highest BCUT2D eigenvalue weighted by Gasteiger charge is 2.15. The first-order valence-corrected chi connectivity index (χ1v) is 7.40. The van der Waals surface area contributed by atoms with Gasteiger partial charge in [-0.2, -0.15) is 0 Å². The first kappa shape index (κ1) is 13.8. The molecule has 2 heterocycles. The van der Waals surface area contributed by atoms with E-state index in [0.29, 0.717) is 5.01 Å². The van der Waals surface area contributed by atoms with Crippen LogP contribution in [0.25, 0.3) is 10.2 Å². The number of rotatable bonds is 4. The van der Waals surface area contributed by atoms with E-state index >= 15 is 0 Å². The van der Waals surface area contributed by atoms with E-state index in [9.17, 15) is 9.90 Å². The molecule has 5 nitrogen and oxygen atoms in total. The highest BCUT2D eigenvalue weighted by Crippen LogP contribution is 2.21. The Morgan fingerprint density at radius 2 is 2.19 bits per heavy atom. The van der Waals surface area contributed by atoms with E-state index in [1.165, 1.54) is 11.3 Å². The van der Waals surface area contributed by atoms with Crippen molar-refractivity contribution in [3.05, 3.63) is 53.3 Å². The summed E-state index contributed by atoms with van der Waals surface area (Å²) in [4.78, 5) is 16.4. The number of aliphatic hydroxyl groups excluding tert-OH is 1. The zero-order chi connectivity index (χ0) is 14.8. The van der Waals surface area contributed by atoms with Crippen molar-refractivity contribution < 1.29 is 9.90 Å². The van der Waals surface area contributed by atoms with Crippen molar-refractivity contribution in [3.63, 3.8) is 0 Å². The number of carbonyl (C=O) groups excluding carboxylic acids is 1. The zero-order valence-corrected chi connectivity index (χ0v) is 12.3. The Morgan fingerprint density at radius 3 is 2.90 bits per heavy atom. The van der Waals surface area contributed by atoms with Gasteiger partial charge in [0, 0.05) is 25.5 Å². The molecule has 0 aliphatic carbocycles. The lowest BCUT2D eigenvalue weighted by molar-refractivity contribution is 0.0912. The molecule has 108 valence electrons. The van der Waals surface area contributed by atoms with Crippen molar-refractivity contribution in [1.29, 1.82) is 0 Å². The fourth-order valence-electron chi connectivity index (χ4n) is 2.16. The molecule has 0 aliphatic heterocycles. The number of carbonyl (C=O) groups is 1. The van der Waals surface area contributed by atoms with Crippen LogP contribution in [0, 0.1) is 0 Å². The van der Waals surface area contributed by atoms with Crippen molar-refractivity contribution in [2.24, 2.45) is 7.05 Å². The highest BCUT2D eigenvalue weighted by molar-refractivity contribution is 7.20. The minimum absolute atomic E-state index is 0.159. The minimum Gasteiger partial charge on any atom is -0.385 e. The van der Waals surface area contributed by atoms with E-state index in [0.717, 1.165) is 15.9 Å². The number of aryl methyl sites for hydroxylation is 1. The number of nitrogens with one attached hydrogen (secondary N) is 1. The van der Waals surface area contributed by atoms with Crippen LogP contribution in [-0.4, -0.2) is 27.1 Å². The molecule has 0 radical (unpaired) electrons. The van der Waals surface area contributed by atoms with Gasteiger partial charge in [-0.3, -0.25) is 4.79 Å². The number of hydrogen-bond donors (Lipinski definition) is 2. The van der Waals surface area contributed by atoms with Crippen LogP contribution in [0.2, 0.25) is 0 Å². The standard InChI is InChI=1S/C15H15N3O2S/c1-18-8-4-6-11(18)12(19)9-16-14(20)15-17-10-5-2-3-7-13(10)21-15/h2-8,12,19H,9H2,1H3,(H,16,20)/t12-/m0/s1. The maximum Gasteiger partial charge on any atom is 0.280 e. The minimum atomic E-state index is -0.733. The molecule has 0 saturated carbocycles. The Kier molecular flexibility index (Phi) is 3.72. The second-order valence-corrected chi connectivity index (χ2v) is 5.79. The van der Waals surface area contributed by atoms with E-state index in [1.807, 2.05) is 54.2 Å². The Morgan fingerprint density at radius 1 is 1.38 bits per heavy atom. The van der Waals surface area contributed by atoms with Crippen LogP contribution in [-0.2, 0) is 7.05 Å². The SMILES string of the molecule is Cn1cccc1[C@@H](O)CNC(=O)c1nc2ccccc2s1. The quantitative estimate of drug-likeness (QED) is 0.775. The number of amides is 1. The van der Waals surface area contributed by atoms with E-state index in [4.69, 9.17) is 0 Å². The van der Waals surface area contributed by atoms with Crippen LogP contribution in [0.4, 0.5) is 0 Å². The van der Waals surface area contributed by atoms with Gasteiger partial charge in [-0.1, -0.05) is 12.1 Å². The predicted molar refractivity (Wildman–Crippen MR) is 82.3 cm³/mol. The van der Waals surface area contributed by atoms with Crippen molar-refractivity contribution in [2.45, 2.75) is 6.10 Å². The fourth-order valence-corrected chi connectivity index (χ4v) is 3.04. The van der Waals surface area contributed by atoms with Crippen molar-refractivity contribution in [1.82, 2.24) is 14.9 Å². The largest absolute Gasteiger partial charge is 0.385 e. The summed E-state index contributed by atoms with van der Waals surface area (Å²) in [5.74, 6) is -0.260. The number of thiazole rings is 1. The molecule has 21 heavy (non-hydrogen) atoms. The first-order valence-electron chi connectivity index (χ1n) is 6.58. The number of nitrogens with zero attached hydrogens (tertiary/aromatic N) is 2. The Labute approximate surface area is 125 Å². The van der Waals surface area contributed by atoms with Gasteiger partial charge in [0.2, 0.25) is 0 Å². The van der Waals surface area contributed by atoms with Gasteiger partial charge in [-0.25, -0.2) is 4.98 Å². The molecule has 6 heteroatoms. The van der Waals surface area contributed by atoms with Gasteiger partial charge in [0.1, 0.15) is 6.10 Å². The molecule has 1 atom stereocenters. The maximum absolute atomic E-state index is 12.1. The predicted octanol–water partition coefficient (Wildman–Crippen LogP) is 2.10. The first-order chi connectivity index (χ1) is 10.1. The molecule has 0 spiro atoms. The molecule has 0 saturated heterocycles. The average Bonchev–Trinajstić information content (AvgIpc) is 3.10. The van der Waals surface area contributed by atoms with Gasteiger partial charge in [-0.05, 0) is 24.3 Å². The number of para-hydroxylation sites is 1. The van der Waals surface area contributed by atoms with Crippen molar-refractivity contribution >= 4 is 27.5 Å². The van der Waals surface area contributed by atoms with Crippen LogP contribution in [0.15, 0.2) is 42.6 Å². The van der Waals surface area contributed by atoms with Gasteiger partial charge in [0.05, 0.1) is 10.2 Å². The lowest BCUT2D eigenvalue weighted by atomic mass is 10.2. The molecule has 1 aromatic carbocycles. The smallest absolute Gasteiger partial charge is 0.280 e. The second-order valence-electron chi connectivity index (χ2n) is 4.76. The summed E-state index contributed by atoms with van der Waals surface area (Å²) >= 11 is 1.35. The van der Waals surface area contributed by atoms with Crippen LogP contribution in [0.3, 0.4) is 0 Å². The third-order valence-electron chi connectivity index (χ3n) is 3.27. The molecule has 2 N–H and O–H groups in total. The van der Waals surface area contributed by atoms with Crippen molar-refractivity contribution in [3.8, 4) is 0 Å². The van der Waals surface area contributed by atoms with Crippen molar-refractivity contribution in [2.75, 3.05) is 6.54 Å². The van der Waals surface area contributed by atoms with Crippen LogP contribution >= 0.6 is 11.3 Å². The van der Waals surface area contributed by atoms with Gasteiger partial charge in [0.15, 0.2) is 5.01 Å².